The number of ketones is 1. The molecule has 0 aliphatic heterocycles. The molecule has 0 unspecified atom stereocenters. The van der Waals surface area contributed by atoms with Gasteiger partial charge >= 0.3 is 0 Å². The summed E-state index contributed by atoms with van der Waals surface area (Å²) in [5.74, 6) is 0.559. The van der Waals surface area contributed by atoms with Crippen molar-refractivity contribution in [1.82, 2.24) is 0 Å². The van der Waals surface area contributed by atoms with Gasteiger partial charge in [-0.3, -0.25) is 9.59 Å². The number of nitrogens with one attached hydrogen (secondary N) is 1. The number of carbonyl (C=O) groups excluding carboxylic acids is 2. The summed E-state index contributed by atoms with van der Waals surface area (Å²) in [4.78, 5) is 24.3. The molecule has 0 heterocycles. The van der Waals surface area contributed by atoms with Gasteiger partial charge in [-0.05, 0) is 49.1 Å². The van der Waals surface area contributed by atoms with Crippen LogP contribution in [-0.2, 0) is 4.79 Å². The summed E-state index contributed by atoms with van der Waals surface area (Å²) in [6, 6.07) is 11.3. The number of hydrogen-bond acceptors (Lipinski definition) is 3. The number of rotatable bonds is 4. The molecule has 2 aromatic rings. The highest BCUT2D eigenvalue weighted by molar-refractivity contribution is 6.04. The van der Waals surface area contributed by atoms with Crippen molar-refractivity contribution in [2.24, 2.45) is 0 Å². The minimum atomic E-state index is -0.244. The van der Waals surface area contributed by atoms with E-state index in [4.69, 9.17) is 4.74 Å². The highest BCUT2D eigenvalue weighted by Gasteiger charge is 2.31. The summed E-state index contributed by atoms with van der Waals surface area (Å²) in [5, 5.41) is 2.79. The monoisotopic (exact) mass is 323 g/mol. The van der Waals surface area contributed by atoms with Crippen LogP contribution in [0, 0.1) is 13.8 Å². The Bertz CT molecular complexity index is 793. The molecule has 0 radical (unpaired) electrons. The van der Waals surface area contributed by atoms with Gasteiger partial charge in [0.25, 0.3) is 5.91 Å². The van der Waals surface area contributed by atoms with Gasteiger partial charge in [-0.15, -0.1) is 0 Å². The topological polar surface area (TPSA) is 55.4 Å². The molecule has 0 bridgehead atoms. The van der Waals surface area contributed by atoms with Gasteiger partial charge in [-0.25, -0.2) is 0 Å². The molecule has 0 spiro atoms. The molecule has 1 amide bonds. The second kappa shape index (κ2) is 6.48. The van der Waals surface area contributed by atoms with Crippen molar-refractivity contribution >= 4 is 17.4 Å². The normalized spacial score (nSPS) is 16.0. The minimum absolute atomic E-state index is 0.0927. The number of amides is 1. The molecule has 4 nitrogen and oxygen atoms in total. The van der Waals surface area contributed by atoms with Gasteiger partial charge in [0.1, 0.15) is 5.75 Å². The maximum Gasteiger partial charge on any atom is 0.262 e. The number of hydrogen-bond donors (Lipinski definition) is 1. The molecule has 124 valence electrons. The van der Waals surface area contributed by atoms with E-state index < -0.39 is 0 Å². The molecule has 0 saturated carbocycles. The molecule has 1 atom stereocenters. The van der Waals surface area contributed by atoms with Gasteiger partial charge in [0.05, 0.1) is 5.56 Å². The zero-order valence-corrected chi connectivity index (χ0v) is 14.2. The lowest BCUT2D eigenvalue weighted by Gasteiger charge is -2.13. The highest BCUT2D eigenvalue weighted by Crippen LogP contribution is 2.40. The molecular weight excluding hydrogens is 302 g/mol. The summed E-state index contributed by atoms with van der Waals surface area (Å²) < 4.78 is 5.65. The molecule has 4 heteroatoms. The fraction of sp³-hybridized carbons (Fsp3) is 0.300. The first-order valence-electron chi connectivity index (χ1n) is 8.11. The Kier molecular flexibility index (Phi) is 4.38. The van der Waals surface area contributed by atoms with Crippen LogP contribution in [0.4, 0.5) is 5.69 Å². The van der Waals surface area contributed by atoms with E-state index in [2.05, 4.69) is 5.32 Å². The predicted octanol–water partition coefficient (Wildman–Crippen LogP) is 4.01. The predicted molar refractivity (Wildman–Crippen MR) is 93.8 cm³/mol. The van der Waals surface area contributed by atoms with Crippen molar-refractivity contribution in [1.29, 1.82) is 0 Å². The molecule has 3 rings (SSSR count). The number of carbonyl (C=O) groups is 2. The maximum absolute atomic E-state index is 12.2. The van der Waals surface area contributed by atoms with Gasteiger partial charge < -0.3 is 10.1 Å². The van der Waals surface area contributed by atoms with E-state index in [0.717, 1.165) is 22.4 Å². The molecule has 0 fully saturated rings. The molecule has 1 aliphatic rings. The Labute approximate surface area is 141 Å². The fourth-order valence-electron chi connectivity index (χ4n) is 3.21. The SMILES string of the molecule is Cc1ccc(NC(=O)COc2ccc(C)c3c2C(=O)C[C@H]3C)cc1. The number of Topliss-reactive ketones (excluding diaryl/α,β-unsaturated/α-hetero) is 1. The quantitative estimate of drug-likeness (QED) is 0.925. The second-order valence-corrected chi connectivity index (χ2v) is 6.40. The maximum atomic E-state index is 12.2. The number of ether oxygens (including phenoxy) is 1. The Morgan fingerprint density at radius 3 is 2.58 bits per heavy atom. The lowest BCUT2D eigenvalue weighted by molar-refractivity contribution is -0.118. The number of aryl methyl sites for hydroxylation is 2. The molecule has 0 aromatic heterocycles. The Morgan fingerprint density at radius 1 is 1.17 bits per heavy atom. The molecule has 1 N–H and O–H groups in total. The molecule has 2 aromatic carbocycles. The number of anilines is 1. The first-order valence-corrected chi connectivity index (χ1v) is 8.11. The van der Waals surface area contributed by atoms with Gasteiger partial charge in [0, 0.05) is 12.1 Å². The molecule has 24 heavy (non-hydrogen) atoms. The van der Waals surface area contributed by atoms with Crippen LogP contribution in [0.1, 0.15) is 46.3 Å². The van der Waals surface area contributed by atoms with E-state index in [1.165, 1.54) is 0 Å². The molecule has 1 aliphatic carbocycles. The molecular formula is C20H21NO3. The molecule has 0 saturated heterocycles. The summed E-state index contributed by atoms with van der Waals surface area (Å²) in [7, 11) is 0. The first kappa shape index (κ1) is 16.2. The number of fused-ring (bicyclic) bond motifs is 1. The van der Waals surface area contributed by atoms with E-state index in [-0.39, 0.29) is 24.2 Å². The van der Waals surface area contributed by atoms with Crippen molar-refractivity contribution in [3.63, 3.8) is 0 Å². The first-order chi connectivity index (χ1) is 11.5. The van der Waals surface area contributed by atoms with Crippen molar-refractivity contribution in [3.8, 4) is 5.75 Å². The van der Waals surface area contributed by atoms with E-state index >= 15 is 0 Å². The minimum Gasteiger partial charge on any atom is -0.483 e. The third-order valence-electron chi connectivity index (χ3n) is 4.38. The highest BCUT2D eigenvalue weighted by atomic mass is 16.5. The van der Waals surface area contributed by atoms with Crippen LogP contribution in [0.25, 0.3) is 0 Å². The Hall–Kier alpha value is -2.62. The van der Waals surface area contributed by atoms with Crippen LogP contribution in [0.15, 0.2) is 36.4 Å². The average molecular weight is 323 g/mol. The van der Waals surface area contributed by atoms with Gasteiger partial charge in [0.15, 0.2) is 12.4 Å². The van der Waals surface area contributed by atoms with Crippen LogP contribution >= 0.6 is 0 Å². The summed E-state index contributed by atoms with van der Waals surface area (Å²) in [6.45, 7) is 5.92. The van der Waals surface area contributed by atoms with Gasteiger partial charge in [-0.2, -0.15) is 0 Å². The zero-order chi connectivity index (χ0) is 17.3. The van der Waals surface area contributed by atoms with Gasteiger partial charge in [-0.1, -0.05) is 30.7 Å². The fourth-order valence-corrected chi connectivity index (χ4v) is 3.21. The van der Waals surface area contributed by atoms with Crippen molar-refractivity contribution < 1.29 is 14.3 Å². The second-order valence-electron chi connectivity index (χ2n) is 6.40. The zero-order valence-electron chi connectivity index (χ0n) is 14.2. The van der Waals surface area contributed by atoms with Crippen LogP contribution < -0.4 is 10.1 Å². The van der Waals surface area contributed by atoms with Crippen LogP contribution in [0.2, 0.25) is 0 Å². The van der Waals surface area contributed by atoms with E-state index in [9.17, 15) is 9.59 Å². The standard InChI is InChI=1S/C20H21NO3/c1-12-4-7-15(8-5-12)21-18(23)11-24-17-9-6-13(2)19-14(3)10-16(22)20(17)19/h4-9,14H,10-11H2,1-3H3,(H,21,23)/t14-/m1/s1. The Morgan fingerprint density at radius 2 is 1.88 bits per heavy atom. The lowest BCUT2D eigenvalue weighted by atomic mass is 9.97. The van der Waals surface area contributed by atoms with Crippen LogP contribution in [0.5, 0.6) is 5.75 Å². The van der Waals surface area contributed by atoms with Crippen LogP contribution in [-0.4, -0.2) is 18.3 Å². The summed E-state index contributed by atoms with van der Waals surface area (Å²) in [5.41, 5.74) is 4.65. The van der Waals surface area contributed by atoms with Crippen LogP contribution in [0.3, 0.4) is 0 Å². The van der Waals surface area contributed by atoms with E-state index in [1.54, 1.807) is 6.07 Å². The summed E-state index contributed by atoms with van der Waals surface area (Å²) >= 11 is 0. The van der Waals surface area contributed by atoms with E-state index in [0.29, 0.717) is 17.7 Å². The van der Waals surface area contributed by atoms with Crippen molar-refractivity contribution in [3.05, 3.63) is 58.7 Å². The number of benzene rings is 2. The van der Waals surface area contributed by atoms with E-state index in [1.807, 2.05) is 51.1 Å². The van der Waals surface area contributed by atoms with Crippen molar-refractivity contribution in [2.75, 3.05) is 11.9 Å². The van der Waals surface area contributed by atoms with Gasteiger partial charge in [0.2, 0.25) is 0 Å². The summed E-state index contributed by atoms with van der Waals surface area (Å²) in [6.07, 6.45) is 0.506. The largest absolute Gasteiger partial charge is 0.483 e. The smallest absolute Gasteiger partial charge is 0.262 e. The average Bonchev–Trinajstić information content (AvgIpc) is 2.85. The third kappa shape index (κ3) is 3.18. The lowest BCUT2D eigenvalue weighted by Crippen LogP contribution is -2.20. The van der Waals surface area contributed by atoms with Crippen molar-refractivity contribution in [2.45, 2.75) is 33.1 Å². The third-order valence-corrected chi connectivity index (χ3v) is 4.38. The Balaban J connectivity index is 1.70.